The van der Waals surface area contributed by atoms with Gasteiger partial charge in [-0.2, -0.15) is 0 Å². The molecule has 0 aliphatic carbocycles. The number of piperidine rings is 1. The number of likely N-dealkylation sites (tertiary alicyclic amines) is 1. The van der Waals surface area contributed by atoms with Gasteiger partial charge in [0, 0.05) is 30.7 Å². The highest BCUT2D eigenvalue weighted by Crippen LogP contribution is 2.46. The monoisotopic (exact) mass is 453 g/mol. The lowest BCUT2D eigenvalue weighted by molar-refractivity contribution is 0.0179. The molecule has 33 heavy (non-hydrogen) atoms. The molecular formula is C28H39NO4. The quantitative estimate of drug-likeness (QED) is 0.520. The third-order valence-corrected chi connectivity index (χ3v) is 6.31. The molecule has 1 fully saturated rings. The molecule has 0 atom stereocenters. The van der Waals surface area contributed by atoms with Crippen LogP contribution in [-0.2, 0) is 16.6 Å². The summed E-state index contributed by atoms with van der Waals surface area (Å²) < 4.78 is 11.9. The highest BCUT2D eigenvalue weighted by molar-refractivity contribution is 5.68. The number of hydrogen-bond donors (Lipinski definition) is 1. The lowest BCUT2D eigenvalue weighted by Gasteiger charge is -2.43. The van der Waals surface area contributed by atoms with E-state index >= 15 is 0 Å². The van der Waals surface area contributed by atoms with Gasteiger partial charge in [-0.15, -0.1) is 0 Å². The first-order chi connectivity index (χ1) is 15.8. The first kappa shape index (κ1) is 25.1. The molecule has 0 bridgehead atoms. The van der Waals surface area contributed by atoms with Gasteiger partial charge in [0.1, 0.15) is 11.4 Å². The van der Waals surface area contributed by atoms with Crippen LogP contribution in [0.5, 0.6) is 5.75 Å². The predicted molar refractivity (Wildman–Crippen MR) is 132 cm³/mol. The molecule has 1 amide bonds. The van der Waals surface area contributed by atoms with Crippen LogP contribution in [0.2, 0.25) is 0 Å². The molecule has 0 saturated carbocycles. The Morgan fingerprint density at radius 2 is 1.79 bits per heavy atom. The van der Waals surface area contributed by atoms with E-state index in [9.17, 15) is 9.90 Å². The summed E-state index contributed by atoms with van der Waals surface area (Å²) >= 11 is 0. The van der Waals surface area contributed by atoms with Crippen LogP contribution < -0.4 is 4.74 Å². The number of aliphatic hydroxyl groups is 1. The zero-order valence-corrected chi connectivity index (χ0v) is 20.6. The number of unbranched alkanes of at least 4 members (excludes halogenated alkanes) is 1. The van der Waals surface area contributed by atoms with Gasteiger partial charge in [-0.3, -0.25) is 0 Å². The third kappa shape index (κ3) is 6.29. The molecule has 1 N–H and O–H groups in total. The van der Waals surface area contributed by atoms with Crippen LogP contribution in [0.25, 0.3) is 0 Å². The van der Waals surface area contributed by atoms with Crippen LogP contribution in [0.3, 0.4) is 0 Å². The summed E-state index contributed by atoms with van der Waals surface area (Å²) in [5, 5.41) is 9.54. The molecule has 5 heteroatoms. The van der Waals surface area contributed by atoms with Crippen molar-refractivity contribution in [3.8, 4) is 5.75 Å². The Morgan fingerprint density at radius 3 is 2.39 bits per heavy atom. The number of benzene rings is 2. The molecule has 1 heterocycles. The summed E-state index contributed by atoms with van der Waals surface area (Å²) in [5.74, 6) is 0.903. The third-order valence-electron chi connectivity index (χ3n) is 6.31. The maximum atomic E-state index is 12.7. The van der Waals surface area contributed by atoms with Crippen LogP contribution in [0.4, 0.5) is 4.79 Å². The highest BCUT2D eigenvalue weighted by Gasteiger charge is 2.41. The van der Waals surface area contributed by atoms with Gasteiger partial charge < -0.3 is 19.5 Å². The minimum atomic E-state index is -0.510. The smallest absolute Gasteiger partial charge is 0.410 e. The number of aliphatic hydroxyl groups excluding tert-OH is 1. The topological polar surface area (TPSA) is 59.0 Å². The molecule has 0 aromatic heterocycles. The zero-order chi connectivity index (χ0) is 23.9. The van der Waals surface area contributed by atoms with Crippen molar-refractivity contribution in [2.75, 3.05) is 26.3 Å². The van der Waals surface area contributed by atoms with Gasteiger partial charge in [0.2, 0.25) is 0 Å². The summed E-state index contributed by atoms with van der Waals surface area (Å²) in [7, 11) is 0. The normalized spacial score (nSPS) is 15.8. The second kappa shape index (κ2) is 11.1. The molecule has 1 saturated heterocycles. The number of nitrogens with zero attached hydrogens (tertiary/aromatic N) is 1. The van der Waals surface area contributed by atoms with Crippen LogP contribution in [0.15, 0.2) is 48.5 Å². The van der Waals surface area contributed by atoms with Gasteiger partial charge in [-0.05, 0) is 63.6 Å². The Kier molecular flexibility index (Phi) is 8.41. The Hall–Kier alpha value is -2.53. The van der Waals surface area contributed by atoms with Gasteiger partial charge >= 0.3 is 6.09 Å². The second-order valence-corrected chi connectivity index (χ2v) is 9.92. The van der Waals surface area contributed by atoms with E-state index in [-0.39, 0.29) is 18.1 Å². The molecule has 180 valence electrons. The maximum Gasteiger partial charge on any atom is 0.410 e. The fourth-order valence-electron chi connectivity index (χ4n) is 4.56. The van der Waals surface area contributed by atoms with Crippen molar-refractivity contribution in [3.63, 3.8) is 0 Å². The highest BCUT2D eigenvalue weighted by atomic mass is 16.6. The van der Waals surface area contributed by atoms with Gasteiger partial charge in [0.05, 0.1) is 6.61 Å². The predicted octanol–water partition coefficient (Wildman–Crippen LogP) is 5.72. The average Bonchev–Trinajstić information content (AvgIpc) is 2.80. The Bertz CT molecular complexity index is 896. The molecule has 0 spiro atoms. The van der Waals surface area contributed by atoms with E-state index in [4.69, 9.17) is 9.47 Å². The van der Waals surface area contributed by atoms with Crippen molar-refractivity contribution < 1.29 is 19.4 Å². The van der Waals surface area contributed by atoms with Gasteiger partial charge in [0.25, 0.3) is 0 Å². The van der Waals surface area contributed by atoms with Crippen LogP contribution in [0, 0.1) is 0 Å². The van der Waals surface area contributed by atoms with E-state index in [1.807, 2.05) is 31.7 Å². The Balaban J connectivity index is 1.99. The summed E-state index contributed by atoms with van der Waals surface area (Å²) in [4.78, 5) is 14.6. The van der Waals surface area contributed by atoms with E-state index < -0.39 is 5.60 Å². The van der Waals surface area contributed by atoms with Crippen LogP contribution in [-0.4, -0.2) is 48.0 Å². The van der Waals surface area contributed by atoms with E-state index in [1.54, 1.807) is 0 Å². The molecule has 2 aromatic rings. The van der Waals surface area contributed by atoms with Crippen molar-refractivity contribution >= 4 is 6.09 Å². The molecule has 1 aliphatic rings. The average molecular weight is 454 g/mol. The van der Waals surface area contributed by atoms with Gasteiger partial charge in [-0.1, -0.05) is 55.8 Å². The summed E-state index contributed by atoms with van der Waals surface area (Å²) in [5.41, 5.74) is 2.70. The molecule has 5 nitrogen and oxygen atoms in total. The van der Waals surface area contributed by atoms with Crippen molar-refractivity contribution in [1.29, 1.82) is 0 Å². The summed E-state index contributed by atoms with van der Waals surface area (Å²) in [6.07, 6.45) is 4.00. The van der Waals surface area contributed by atoms with E-state index in [2.05, 4.69) is 49.4 Å². The van der Waals surface area contributed by atoms with Crippen LogP contribution in [0.1, 0.15) is 70.1 Å². The summed E-state index contributed by atoms with van der Waals surface area (Å²) in [6, 6.07) is 16.9. The number of ether oxygens (including phenoxy) is 2. The lowest BCUT2D eigenvalue weighted by atomic mass is 9.67. The minimum Gasteiger partial charge on any atom is -0.493 e. The fraction of sp³-hybridized carbons (Fsp3) is 0.536. The molecule has 1 aliphatic heterocycles. The zero-order valence-electron chi connectivity index (χ0n) is 20.6. The van der Waals surface area contributed by atoms with Crippen molar-refractivity contribution in [3.05, 3.63) is 65.2 Å². The number of carbonyl (C=O) groups is 1. The SMILES string of the molecule is CCCCOc1ccc(CCO)cc1C1(c2ccccc2)CCN(C(=O)OC(C)(C)C)CC1. The first-order valence-electron chi connectivity index (χ1n) is 12.2. The standard InChI is InChI=1S/C28H39NO4/c1-5-6-20-32-25-13-12-22(14-19-30)21-24(25)28(23-10-8-7-9-11-23)15-17-29(18-16-28)26(31)33-27(2,3)4/h7-13,21,30H,5-6,14-20H2,1-4H3. The van der Waals surface area contributed by atoms with Gasteiger partial charge in [0.15, 0.2) is 0 Å². The van der Waals surface area contributed by atoms with E-state index in [0.29, 0.717) is 26.1 Å². The maximum absolute atomic E-state index is 12.7. The summed E-state index contributed by atoms with van der Waals surface area (Å²) in [6.45, 7) is 9.87. The lowest BCUT2D eigenvalue weighted by Crippen LogP contribution is -2.47. The molecule has 2 aromatic carbocycles. The van der Waals surface area contributed by atoms with Crippen LogP contribution >= 0.6 is 0 Å². The second-order valence-electron chi connectivity index (χ2n) is 9.92. The number of amides is 1. The molecule has 3 rings (SSSR count). The molecular weight excluding hydrogens is 414 g/mol. The molecule has 0 unspecified atom stereocenters. The Morgan fingerprint density at radius 1 is 1.09 bits per heavy atom. The fourth-order valence-corrected chi connectivity index (χ4v) is 4.56. The molecule has 0 radical (unpaired) electrons. The number of hydrogen-bond acceptors (Lipinski definition) is 4. The van der Waals surface area contributed by atoms with Gasteiger partial charge in [-0.25, -0.2) is 4.79 Å². The van der Waals surface area contributed by atoms with Crippen molar-refractivity contribution in [1.82, 2.24) is 4.90 Å². The van der Waals surface area contributed by atoms with E-state index in [0.717, 1.165) is 42.6 Å². The number of carbonyl (C=O) groups excluding carboxylic acids is 1. The Labute approximate surface area is 198 Å². The van der Waals surface area contributed by atoms with Crippen molar-refractivity contribution in [2.24, 2.45) is 0 Å². The first-order valence-corrected chi connectivity index (χ1v) is 12.2. The minimum absolute atomic E-state index is 0.111. The number of rotatable bonds is 8. The van der Waals surface area contributed by atoms with Crippen molar-refractivity contribution in [2.45, 2.75) is 70.8 Å². The largest absolute Gasteiger partial charge is 0.493 e. The van der Waals surface area contributed by atoms with E-state index in [1.165, 1.54) is 5.56 Å².